The zero-order chi connectivity index (χ0) is 13.9. The molecule has 1 aromatic heterocycles. The summed E-state index contributed by atoms with van der Waals surface area (Å²) < 4.78 is 24.6. The summed E-state index contributed by atoms with van der Waals surface area (Å²) >= 11 is 1.75. The van der Waals surface area contributed by atoms with Gasteiger partial charge in [0.15, 0.2) is 9.84 Å². The van der Waals surface area contributed by atoms with Crippen LogP contribution in [0.5, 0.6) is 0 Å². The Labute approximate surface area is 120 Å². The lowest BCUT2D eigenvalue weighted by atomic mass is 10.1. The van der Waals surface area contributed by atoms with E-state index in [9.17, 15) is 8.42 Å². The van der Waals surface area contributed by atoms with Gasteiger partial charge < -0.3 is 5.32 Å². The molecule has 2 rings (SSSR count). The number of nitrogens with one attached hydrogen (secondary N) is 1. The van der Waals surface area contributed by atoms with Gasteiger partial charge in [-0.2, -0.15) is 0 Å². The van der Waals surface area contributed by atoms with Crippen molar-refractivity contribution in [1.29, 1.82) is 0 Å². The van der Waals surface area contributed by atoms with Crippen molar-refractivity contribution >= 4 is 21.2 Å². The molecule has 1 aliphatic rings. The minimum atomic E-state index is -2.95. The number of hydrogen-bond acceptors (Lipinski definition) is 4. The van der Waals surface area contributed by atoms with Gasteiger partial charge in [0.1, 0.15) is 0 Å². The lowest BCUT2D eigenvalue weighted by molar-refractivity contribution is 0.458. The van der Waals surface area contributed by atoms with Gasteiger partial charge in [-0.1, -0.05) is 20.3 Å². The highest BCUT2D eigenvalue weighted by Gasteiger charge is 2.36. The molecule has 0 radical (unpaired) electrons. The average Bonchev–Trinajstić information content (AvgIpc) is 2.85. The molecule has 108 valence electrons. The van der Waals surface area contributed by atoms with Crippen molar-refractivity contribution in [3.8, 4) is 0 Å². The van der Waals surface area contributed by atoms with Crippen LogP contribution in [0.1, 0.15) is 48.9 Å². The number of aryl methyl sites for hydroxylation is 1. The van der Waals surface area contributed by atoms with Crippen LogP contribution in [0.4, 0.5) is 0 Å². The Balaban J connectivity index is 2.28. The molecule has 19 heavy (non-hydrogen) atoms. The molecule has 0 bridgehead atoms. The van der Waals surface area contributed by atoms with Crippen LogP contribution in [0, 0.1) is 0 Å². The Morgan fingerprint density at radius 3 is 2.74 bits per heavy atom. The van der Waals surface area contributed by atoms with Gasteiger partial charge in [-0.05, 0) is 37.9 Å². The molecule has 0 aromatic carbocycles. The predicted octanol–water partition coefficient (Wildman–Crippen LogP) is 2.93. The first-order valence-corrected chi connectivity index (χ1v) is 9.65. The summed E-state index contributed by atoms with van der Waals surface area (Å²) in [7, 11) is -2.95. The second kappa shape index (κ2) is 6.37. The van der Waals surface area contributed by atoms with E-state index in [2.05, 4.69) is 24.4 Å². The number of sulfone groups is 1. The Bertz CT molecular complexity index is 507. The van der Waals surface area contributed by atoms with Crippen LogP contribution < -0.4 is 5.32 Å². The summed E-state index contributed by atoms with van der Waals surface area (Å²) in [6, 6.07) is 4.20. The molecule has 1 fully saturated rings. The van der Waals surface area contributed by atoms with Crippen molar-refractivity contribution in [2.45, 2.75) is 50.8 Å². The SMILES string of the molecule is CCNC(c1ccc(CC)s1)C1CCCCS1(=O)=O. The first-order chi connectivity index (χ1) is 9.08. The molecule has 3 nitrogen and oxygen atoms in total. The zero-order valence-electron chi connectivity index (χ0n) is 11.7. The molecule has 0 amide bonds. The first kappa shape index (κ1) is 15.0. The summed E-state index contributed by atoms with van der Waals surface area (Å²) in [6.07, 6.45) is 3.65. The Kier molecular flexibility index (Phi) is 5.03. The molecule has 1 N–H and O–H groups in total. The topological polar surface area (TPSA) is 46.2 Å². The van der Waals surface area contributed by atoms with Crippen LogP contribution in [-0.4, -0.2) is 26.0 Å². The minimum absolute atomic E-state index is 0.0272. The molecule has 1 aromatic rings. The molecule has 1 saturated heterocycles. The summed E-state index contributed by atoms with van der Waals surface area (Å²) in [6.45, 7) is 4.97. The van der Waals surface area contributed by atoms with Crippen LogP contribution >= 0.6 is 11.3 Å². The summed E-state index contributed by atoms with van der Waals surface area (Å²) in [5.74, 6) is 0.353. The average molecular weight is 301 g/mol. The Hall–Kier alpha value is -0.390. The highest BCUT2D eigenvalue weighted by Crippen LogP contribution is 2.34. The highest BCUT2D eigenvalue weighted by atomic mass is 32.2. The fraction of sp³-hybridized carbons (Fsp3) is 0.714. The molecule has 0 saturated carbocycles. The van der Waals surface area contributed by atoms with Crippen LogP contribution in [0.3, 0.4) is 0 Å². The fourth-order valence-corrected chi connectivity index (χ4v) is 6.01. The quantitative estimate of drug-likeness (QED) is 0.909. The standard InChI is InChI=1S/C14H23NO2S2/c1-3-11-8-9-12(18-11)14(15-4-2)13-7-5-6-10-19(13,16)17/h8-9,13-15H,3-7,10H2,1-2H3. The third kappa shape index (κ3) is 3.38. The van der Waals surface area contributed by atoms with E-state index in [-0.39, 0.29) is 11.3 Å². The molecule has 0 spiro atoms. The van der Waals surface area contributed by atoms with Gasteiger partial charge in [0.05, 0.1) is 17.0 Å². The molecule has 2 atom stereocenters. The van der Waals surface area contributed by atoms with Crippen molar-refractivity contribution in [3.63, 3.8) is 0 Å². The van der Waals surface area contributed by atoms with E-state index in [1.807, 2.05) is 6.92 Å². The van der Waals surface area contributed by atoms with Crippen LogP contribution in [0.25, 0.3) is 0 Å². The molecular formula is C14H23NO2S2. The molecule has 1 aliphatic heterocycles. The van der Waals surface area contributed by atoms with Gasteiger partial charge in [-0.15, -0.1) is 11.3 Å². The Morgan fingerprint density at radius 2 is 2.16 bits per heavy atom. The molecule has 2 heterocycles. The van der Waals surface area contributed by atoms with Crippen LogP contribution in [0.15, 0.2) is 12.1 Å². The number of thiophene rings is 1. The van der Waals surface area contributed by atoms with Gasteiger partial charge in [0.25, 0.3) is 0 Å². The van der Waals surface area contributed by atoms with Crippen molar-refractivity contribution < 1.29 is 8.42 Å². The normalized spacial score (nSPS) is 24.2. The smallest absolute Gasteiger partial charge is 0.155 e. The van der Waals surface area contributed by atoms with E-state index in [0.717, 1.165) is 32.2 Å². The van der Waals surface area contributed by atoms with E-state index in [1.54, 1.807) is 11.3 Å². The van der Waals surface area contributed by atoms with E-state index in [0.29, 0.717) is 5.75 Å². The summed E-state index contributed by atoms with van der Waals surface area (Å²) in [4.78, 5) is 2.50. The van der Waals surface area contributed by atoms with Crippen molar-refractivity contribution in [1.82, 2.24) is 5.32 Å². The lowest BCUT2D eigenvalue weighted by Crippen LogP contribution is -2.40. The lowest BCUT2D eigenvalue weighted by Gasteiger charge is -2.30. The van der Waals surface area contributed by atoms with E-state index in [1.165, 1.54) is 9.75 Å². The maximum Gasteiger partial charge on any atom is 0.155 e. The predicted molar refractivity (Wildman–Crippen MR) is 81.5 cm³/mol. The maximum atomic E-state index is 12.3. The van der Waals surface area contributed by atoms with Crippen molar-refractivity contribution in [3.05, 3.63) is 21.9 Å². The minimum Gasteiger partial charge on any atom is -0.308 e. The van der Waals surface area contributed by atoms with Gasteiger partial charge in [0.2, 0.25) is 0 Å². The third-order valence-corrected chi connectivity index (χ3v) is 7.36. The maximum absolute atomic E-state index is 12.3. The van der Waals surface area contributed by atoms with Crippen LogP contribution in [0.2, 0.25) is 0 Å². The second-order valence-corrected chi connectivity index (χ2v) is 8.63. The van der Waals surface area contributed by atoms with Gasteiger partial charge in [0, 0.05) is 9.75 Å². The van der Waals surface area contributed by atoms with Gasteiger partial charge >= 0.3 is 0 Å². The van der Waals surface area contributed by atoms with E-state index >= 15 is 0 Å². The Morgan fingerprint density at radius 1 is 1.37 bits per heavy atom. The molecule has 0 aliphatic carbocycles. The van der Waals surface area contributed by atoms with Gasteiger partial charge in [-0.25, -0.2) is 8.42 Å². The van der Waals surface area contributed by atoms with E-state index < -0.39 is 9.84 Å². The highest BCUT2D eigenvalue weighted by molar-refractivity contribution is 7.92. The molecular weight excluding hydrogens is 278 g/mol. The van der Waals surface area contributed by atoms with Crippen molar-refractivity contribution in [2.75, 3.05) is 12.3 Å². The van der Waals surface area contributed by atoms with Crippen LogP contribution in [-0.2, 0) is 16.3 Å². The monoisotopic (exact) mass is 301 g/mol. The second-order valence-electron chi connectivity index (χ2n) is 5.09. The summed E-state index contributed by atoms with van der Waals surface area (Å²) in [5.41, 5.74) is 0. The number of rotatable bonds is 5. The fourth-order valence-electron chi connectivity index (χ4n) is 2.74. The number of hydrogen-bond donors (Lipinski definition) is 1. The van der Waals surface area contributed by atoms with E-state index in [4.69, 9.17) is 0 Å². The third-order valence-electron chi connectivity index (χ3n) is 3.76. The zero-order valence-corrected chi connectivity index (χ0v) is 13.3. The van der Waals surface area contributed by atoms with Crippen molar-refractivity contribution in [2.24, 2.45) is 0 Å². The first-order valence-electron chi connectivity index (χ1n) is 7.12. The van der Waals surface area contributed by atoms with Gasteiger partial charge in [-0.3, -0.25) is 0 Å². The largest absolute Gasteiger partial charge is 0.308 e. The summed E-state index contributed by atoms with van der Waals surface area (Å²) in [5, 5.41) is 3.15. The molecule has 2 unspecified atom stereocenters. The molecule has 5 heteroatoms.